The first kappa shape index (κ1) is 21.4. The van der Waals surface area contributed by atoms with Crippen LogP contribution in [0.25, 0.3) is 0 Å². The van der Waals surface area contributed by atoms with Gasteiger partial charge in [-0.05, 0) is 41.3 Å². The zero-order chi connectivity index (χ0) is 21.1. The molecule has 0 spiro atoms. The Morgan fingerprint density at radius 3 is 2.41 bits per heavy atom. The molecule has 3 rings (SSSR count). The molecule has 1 amide bonds. The lowest BCUT2D eigenvalue weighted by Gasteiger charge is -2.39. The Balaban J connectivity index is 1.85. The van der Waals surface area contributed by atoms with Crippen molar-refractivity contribution in [2.45, 2.75) is 37.1 Å². The van der Waals surface area contributed by atoms with Crippen molar-refractivity contribution < 1.29 is 34.3 Å². The van der Waals surface area contributed by atoms with E-state index in [-0.39, 0.29) is 0 Å². The largest absolute Gasteiger partial charge is 0.497 e. The molecule has 5 N–H and O–H groups in total. The van der Waals surface area contributed by atoms with Crippen LogP contribution in [0.4, 0.5) is 4.79 Å². The van der Waals surface area contributed by atoms with Gasteiger partial charge in [0.15, 0.2) is 0 Å². The predicted octanol–water partition coefficient (Wildman–Crippen LogP) is 1.51. The van der Waals surface area contributed by atoms with Crippen LogP contribution < -0.4 is 10.5 Å². The fraction of sp³-hybridized carbons (Fsp3) is 0.350. The summed E-state index contributed by atoms with van der Waals surface area (Å²) in [7, 11) is 1.59. The van der Waals surface area contributed by atoms with Crippen LogP contribution in [0.5, 0.6) is 5.75 Å². The van der Waals surface area contributed by atoms with Crippen LogP contribution in [0.3, 0.4) is 0 Å². The van der Waals surface area contributed by atoms with Crippen LogP contribution in [0, 0.1) is 0 Å². The summed E-state index contributed by atoms with van der Waals surface area (Å²) in [5, 5.41) is 31.0. The number of aliphatic hydroxyl groups is 3. The smallest absolute Gasteiger partial charge is 0.406 e. The Morgan fingerprint density at radius 1 is 1.10 bits per heavy atom. The molecule has 5 unspecified atom stereocenters. The lowest BCUT2D eigenvalue weighted by Crippen LogP contribution is -2.55. The van der Waals surface area contributed by atoms with Gasteiger partial charge in [-0.25, -0.2) is 4.79 Å². The first-order valence-electron chi connectivity index (χ1n) is 8.87. The van der Waals surface area contributed by atoms with Crippen LogP contribution in [0.15, 0.2) is 42.5 Å². The third-order valence-corrected chi connectivity index (χ3v) is 5.12. The Morgan fingerprint density at radius 2 is 1.79 bits per heavy atom. The van der Waals surface area contributed by atoms with Crippen molar-refractivity contribution in [2.24, 2.45) is 5.73 Å². The molecule has 1 saturated heterocycles. The topological polar surface area (TPSA) is 131 Å². The molecule has 1 aliphatic rings. The second-order valence-corrected chi connectivity index (χ2v) is 7.12. The quantitative estimate of drug-likeness (QED) is 0.573. The summed E-state index contributed by atoms with van der Waals surface area (Å²) < 4.78 is 15.4. The lowest BCUT2D eigenvalue weighted by atomic mass is 9.92. The number of carbonyl (C=O) groups excluding carboxylic acids is 1. The van der Waals surface area contributed by atoms with Crippen molar-refractivity contribution in [2.75, 3.05) is 7.11 Å². The number of aliphatic hydroxyl groups excluding tert-OH is 3. The Hall–Kier alpha value is -2.36. The minimum Gasteiger partial charge on any atom is -0.497 e. The molecule has 8 nitrogen and oxygen atoms in total. The molecule has 0 aliphatic carbocycles. The lowest BCUT2D eigenvalue weighted by molar-refractivity contribution is -0.282. The molecule has 2 aromatic rings. The van der Waals surface area contributed by atoms with Gasteiger partial charge in [0.25, 0.3) is 0 Å². The minimum atomic E-state index is -1.64. The van der Waals surface area contributed by atoms with Crippen molar-refractivity contribution in [1.82, 2.24) is 0 Å². The monoisotopic (exact) mass is 423 g/mol. The first-order valence-corrected chi connectivity index (χ1v) is 9.25. The average Bonchev–Trinajstić information content (AvgIpc) is 2.70. The summed E-state index contributed by atoms with van der Waals surface area (Å²) in [4.78, 5) is 11.0. The van der Waals surface area contributed by atoms with E-state index in [1.165, 1.54) is 0 Å². The van der Waals surface area contributed by atoms with Gasteiger partial charge >= 0.3 is 6.09 Å². The van der Waals surface area contributed by atoms with Gasteiger partial charge in [-0.3, -0.25) is 0 Å². The van der Waals surface area contributed by atoms with E-state index in [4.69, 9.17) is 31.5 Å². The fourth-order valence-corrected chi connectivity index (χ4v) is 3.39. The molecule has 0 bridgehead atoms. The van der Waals surface area contributed by atoms with Gasteiger partial charge in [0.2, 0.25) is 6.29 Å². The maximum atomic E-state index is 11.0. The highest BCUT2D eigenvalue weighted by Crippen LogP contribution is 2.35. The highest BCUT2D eigenvalue weighted by molar-refractivity contribution is 6.31. The van der Waals surface area contributed by atoms with Crippen LogP contribution in [-0.4, -0.2) is 53.1 Å². The van der Waals surface area contributed by atoms with E-state index in [2.05, 4.69) is 0 Å². The second kappa shape index (κ2) is 8.98. The van der Waals surface area contributed by atoms with E-state index in [9.17, 15) is 20.1 Å². The van der Waals surface area contributed by atoms with Crippen LogP contribution in [-0.2, 0) is 15.9 Å². The van der Waals surface area contributed by atoms with Gasteiger partial charge in [0.05, 0.1) is 7.11 Å². The van der Waals surface area contributed by atoms with Crippen molar-refractivity contribution in [3.05, 3.63) is 64.2 Å². The van der Waals surface area contributed by atoms with Crippen LogP contribution >= 0.6 is 11.6 Å². The van der Waals surface area contributed by atoms with Gasteiger partial charge in [-0.1, -0.05) is 35.9 Å². The first-order chi connectivity index (χ1) is 13.8. The molecule has 2 aromatic carbocycles. The Bertz CT molecular complexity index is 860. The van der Waals surface area contributed by atoms with Crippen molar-refractivity contribution in [3.63, 3.8) is 0 Å². The van der Waals surface area contributed by atoms with Gasteiger partial charge in [0, 0.05) is 5.02 Å². The summed E-state index contributed by atoms with van der Waals surface area (Å²) in [5.74, 6) is 0.736. The molecular formula is C20H22ClNO7. The number of hydrogen-bond acceptors (Lipinski definition) is 7. The van der Waals surface area contributed by atoms with E-state index in [1.807, 2.05) is 24.3 Å². The fourth-order valence-electron chi connectivity index (χ4n) is 3.21. The van der Waals surface area contributed by atoms with E-state index >= 15 is 0 Å². The third-order valence-electron chi connectivity index (χ3n) is 4.75. The van der Waals surface area contributed by atoms with Crippen LogP contribution in [0.2, 0.25) is 5.02 Å². The summed E-state index contributed by atoms with van der Waals surface area (Å²) in [6.07, 6.45) is -7.94. The number of ether oxygens (including phenoxy) is 3. The van der Waals surface area contributed by atoms with E-state index in [0.717, 1.165) is 16.9 Å². The summed E-state index contributed by atoms with van der Waals surface area (Å²) in [6, 6.07) is 12.5. The molecule has 1 heterocycles. The molecule has 5 atom stereocenters. The number of halogens is 1. The summed E-state index contributed by atoms with van der Waals surface area (Å²) in [6.45, 7) is 0. The van der Waals surface area contributed by atoms with E-state index in [1.54, 1.807) is 25.3 Å². The number of carbonyl (C=O) groups is 1. The zero-order valence-electron chi connectivity index (χ0n) is 15.6. The maximum absolute atomic E-state index is 11.0. The zero-order valence-corrected chi connectivity index (χ0v) is 16.3. The predicted molar refractivity (Wildman–Crippen MR) is 104 cm³/mol. The number of primary amides is 1. The normalized spacial score (nSPS) is 26.7. The molecule has 0 radical (unpaired) electrons. The summed E-state index contributed by atoms with van der Waals surface area (Å²) >= 11 is 6.33. The number of methoxy groups -OCH3 is 1. The molecule has 0 aromatic heterocycles. The molecular weight excluding hydrogens is 402 g/mol. The van der Waals surface area contributed by atoms with E-state index in [0.29, 0.717) is 17.0 Å². The molecule has 1 aliphatic heterocycles. The Labute approximate surface area is 172 Å². The molecule has 156 valence electrons. The van der Waals surface area contributed by atoms with Crippen molar-refractivity contribution >= 4 is 17.7 Å². The van der Waals surface area contributed by atoms with Gasteiger partial charge in [0.1, 0.15) is 30.2 Å². The van der Waals surface area contributed by atoms with Gasteiger partial charge in [-0.2, -0.15) is 0 Å². The highest BCUT2D eigenvalue weighted by atomic mass is 35.5. The standard InChI is InChI=1S/C20H22ClNO7/c1-27-13-5-2-10(3-6-13)8-12-9-11(4-7-14(12)21)18-16(24)15(23)17(25)19(28-18)29-20(22)26/h2-7,9,15-19,23-25H,8H2,1H3,(H2,22,26). The van der Waals surface area contributed by atoms with Gasteiger partial charge in [-0.15, -0.1) is 0 Å². The number of nitrogens with two attached hydrogens (primary N) is 1. The van der Waals surface area contributed by atoms with Gasteiger partial charge < -0.3 is 35.3 Å². The van der Waals surface area contributed by atoms with Crippen LogP contribution in [0.1, 0.15) is 22.8 Å². The molecule has 9 heteroatoms. The Kier molecular flexibility index (Phi) is 6.61. The average molecular weight is 424 g/mol. The second-order valence-electron chi connectivity index (χ2n) is 6.71. The highest BCUT2D eigenvalue weighted by Gasteiger charge is 2.46. The number of rotatable bonds is 5. The molecule has 0 saturated carbocycles. The molecule has 1 fully saturated rings. The maximum Gasteiger partial charge on any atom is 0.406 e. The van der Waals surface area contributed by atoms with Crippen molar-refractivity contribution in [3.8, 4) is 5.75 Å². The number of amides is 1. The SMILES string of the molecule is COc1ccc(Cc2cc(C3OC(OC(N)=O)C(O)C(O)C3O)ccc2Cl)cc1. The van der Waals surface area contributed by atoms with Crippen molar-refractivity contribution in [1.29, 1.82) is 0 Å². The number of benzene rings is 2. The third kappa shape index (κ3) is 4.80. The summed E-state index contributed by atoms with van der Waals surface area (Å²) in [5.41, 5.74) is 7.22. The number of hydrogen-bond donors (Lipinski definition) is 4. The van der Waals surface area contributed by atoms with E-state index < -0.39 is 36.8 Å². The molecule has 29 heavy (non-hydrogen) atoms. The minimum absolute atomic E-state index is 0.495.